The SMILES string of the molecule is Cc1ccc(S(=O)(=O)NCC(=O)NN=Cc2cc(Br)ccc2OC(=O)C=Cc2ccccc2)cc1. The van der Waals surface area contributed by atoms with Crippen LogP contribution >= 0.6 is 15.9 Å². The zero-order chi connectivity index (χ0) is 25.3. The lowest BCUT2D eigenvalue weighted by molar-refractivity contribution is -0.129. The van der Waals surface area contributed by atoms with E-state index in [-0.39, 0.29) is 10.6 Å². The van der Waals surface area contributed by atoms with Gasteiger partial charge < -0.3 is 4.74 Å². The minimum absolute atomic E-state index is 0.0568. The molecule has 10 heteroatoms. The Kier molecular flexibility index (Phi) is 9.07. The summed E-state index contributed by atoms with van der Waals surface area (Å²) in [4.78, 5) is 24.3. The maximum Gasteiger partial charge on any atom is 0.336 e. The van der Waals surface area contributed by atoms with Gasteiger partial charge >= 0.3 is 5.97 Å². The molecule has 0 saturated heterocycles. The van der Waals surface area contributed by atoms with E-state index in [0.29, 0.717) is 10.0 Å². The molecule has 0 fully saturated rings. The molecule has 3 aromatic carbocycles. The first-order valence-electron chi connectivity index (χ1n) is 10.4. The number of hydrogen-bond donors (Lipinski definition) is 2. The molecule has 0 aromatic heterocycles. The summed E-state index contributed by atoms with van der Waals surface area (Å²) in [5.74, 6) is -1.02. The van der Waals surface area contributed by atoms with Crippen molar-refractivity contribution < 1.29 is 22.7 Å². The van der Waals surface area contributed by atoms with E-state index in [4.69, 9.17) is 4.74 Å². The van der Waals surface area contributed by atoms with E-state index in [1.54, 1.807) is 36.4 Å². The number of nitrogens with one attached hydrogen (secondary N) is 2. The summed E-state index contributed by atoms with van der Waals surface area (Å²) >= 11 is 3.34. The smallest absolute Gasteiger partial charge is 0.336 e. The third kappa shape index (κ3) is 8.29. The van der Waals surface area contributed by atoms with E-state index in [1.165, 1.54) is 24.4 Å². The predicted molar refractivity (Wildman–Crippen MR) is 137 cm³/mol. The quantitative estimate of drug-likeness (QED) is 0.137. The number of carbonyl (C=O) groups is 2. The van der Waals surface area contributed by atoms with E-state index in [9.17, 15) is 18.0 Å². The largest absolute Gasteiger partial charge is 0.423 e. The van der Waals surface area contributed by atoms with Crippen LogP contribution in [0.2, 0.25) is 0 Å². The number of sulfonamides is 1. The number of nitrogens with zero attached hydrogens (tertiary/aromatic N) is 1. The maximum atomic E-state index is 12.3. The lowest BCUT2D eigenvalue weighted by Gasteiger charge is -2.07. The molecule has 0 aliphatic carbocycles. The van der Waals surface area contributed by atoms with Crippen LogP contribution in [0.15, 0.2) is 93.3 Å². The Labute approximate surface area is 211 Å². The molecular weight excluding hydrogens is 534 g/mol. The molecular formula is C25H22BrN3O5S. The zero-order valence-electron chi connectivity index (χ0n) is 18.6. The van der Waals surface area contributed by atoms with Crippen molar-refractivity contribution in [2.45, 2.75) is 11.8 Å². The summed E-state index contributed by atoms with van der Waals surface area (Å²) in [6.45, 7) is 1.34. The Balaban J connectivity index is 1.58. The Morgan fingerprint density at radius 3 is 2.46 bits per heavy atom. The van der Waals surface area contributed by atoms with Crippen LogP contribution in [0.4, 0.5) is 0 Å². The number of rotatable bonds is 9. The second kappa shape index (κ2) is 12.2. The first-order valence-corrected chi connectivity index (χ1v) is 12.6. The number of ether oxygens (including phenoxy) is 1. The van der Waals surface area contributed by atoms with Crippen LogP contribution in [-0.2, 0) is 19.6 Å². The number of hydrogen-bond acceptors (Lipinski definition) is 6. The molecule has 2 N–H and O–H groups in total. The highest BCUT2D eigenvalue weighted by molar-refractivity contribution is 9.10. The number of halogens is 1. The van der Waals surface area contributed by atoms with Crippen molar-refractivity contribution in [2.24, 2.45) is 5.10 Å². The molecule has 0 aliphatic rings. The normalized spacial score (nSPS) is 11.6. The molecule has 1 amide bonds. The van der Waals surface area contributed by atoms with Gasteiger partial charge in [0.1, 0.15) is 5.75 Å². The number of aryl methyl sites for hydroxylation is 1. The number of carbonyl (C=O) groups excluding carboxylic acids is 2. The fourth-order valence-corrected chi connectivity index (χ4v) is 4.12. The average Bonchev–Trinajstić information content (AvgIpc) is 2.84. The monoisotopic (exact) mass is 555 g/mol. The van der Waals surface area contributed by atoms with Gasteiger partial charge in [-0.25, -0.2) is 23.4 Å². The van der Waals surface area contributed by atoms with Crippen molar-refractivity contribution in [1.82, 2.24) is 10.1 Å². The van der Waals surface area contributed by atoms with Crippen LogP contribution in [0.3, 0.4) is 0 Å². The third-order valence-corrected chi connectivity index (χ3v) is 6.45. The van der Waals surface area contributed by atoms with Gasteiger partial charge in [-0.15, -0.1) is 0 Å². The number of esters is 1. The van der Waals surface area contributed by atoms with Crippen LogP contribution in [0.25, 0.3) is 6.08 Å². The van der Waals surface area contributed by atoms with E-state index in [0.717, 1.165) is 11.1 Å². The summed E-state index contributed by atoms with van der Waals surface area (Å²) in [6.07, 6.45) is 4.23. The molecule has 3 aromatic rings. The molecule has 0 aliphatic heterocycles. The van der Waals surface area contributed by atoms with Crippen molar-refractivity contribution >= 4 is 50.1 Å². The average molecular weight is 556 g/mol. The summed E-state index contributed by atoms with van der Waals surface area (Å²) in [7, 11) is -3.83. The Morgan fingerprint density at radius 1 is 1.03 bits per heavy atom. The first-order chi connectivity index (χ1) is 16.7. The minimum Gasteiger partial charge on any atom is -0.423 e. The van der Waals surface area contributed by atoms with Gasteiger partial charge in [0.2, 0.25) is 10.0 Å². The lowest BCUT2D eigenvalue weighted by atomic mass is 10.2. The van der Waals surface area contributed by atoms with Crippen molar-refractivity contribution in [2.75, 3.05) is 6.54 Å². The molecule has 3 rings (SSSR count). The summed E-state index contributed by atoms with van der Waals surface area (Å²) < 4.78 is 32.9. The number of benzene rings is 3. The van der Waals surface area contributed by atoms with Crippen molar-refractivity contribution in [3.63, 3.8) is 0 Å². The van der Waals surface area contributed by atoms with Crippen LogP contribution < -0.4 is 14.9 Å². The van der Waals surface area contributed by atoms with Crippen molar-refractivity contribution in [3.05, 3.63) is 100 Å². The van der Waals surface area contributed by atoms with Crippen LogP contribution in [0, 0.1) is 6.92 Å². The zero-order valence-corrected chi connectivity index (χ0v) is 21.0. The van der Waals surface area contributed by atoms with E-state index < -0.39 is 28.4 Å². The maximum absolute atomic E-state index is 12.3. The molecule has 8 nitrogen and oxygen atoms in total. The van der Waals surface area contributed by atoms with Gasteiger partial charge in [0.25, 0.3) is 5.91 Å². The van der Waals surface area contributed by atoms with E-state index >= 15 is 0 Å². The second-order valence-corrected chi connectivity index (χ2v) is 9.96. The third-order valence-electron chi connectivity index (χ3n) is 4.54. The molecule has 35 heavy (non-hydrogen) atoms. The fourth-order valence-electron chi connectivity index (χ4n) is 2.76. The van der Waals surface area contributed by atoms with Gasteiger partial charge in [-0.2, -0.15) is 5.10 Å². The van der Waals surface area contributed by atoms with Crippen molar-refractivity contribution in [3.8, 4) is 5.75 Å². The predicted octanol–water partition coefficient (Wildman–Crippen LogP) is 3.80. The van der Waals surface area contributed by atoms with Gasteiger partial charge in [0.15, 0.2) is 0 Å². The fraction of sp³-hybridized carbons (Fsp3) is 0.0800. The van der Waals surface area contributed by atoms with Crippen LogP contribution in [-0.4, -0.2) is 33.1 Å². The summed E-state index contributed by atoms with van der Waals surface area (Å²) in [5, 5.41) is 3.84. The van der Waals surface area contributed by atoms with E-state index in [1.807, 2.05) is 37.3 Å². The van der Waals surface area contributed by atoms with Crippen LogP contribution in [0.1, 0.15) is 16.7 Å². The second-order valence-electron chi connectivity index (χ2n) is 7.28. The lowest BCUT2D eigenvalue weighted by Crippen LogP contribution is -2.34. The Bertz CT molecular complexity index is 1360. The van der Waals surface area contributed by atoms with Gasteiger partial charge in [0, 0.05) is 16.1 Å². The van der Waals surface area contributed by atoms with Gasteiger partial charge in [0.05, 0.1) is 17.7 Å². The van der Waals surface area contributed by atoms with Gasteiger partial charge in [-0.3, -0.25) is 4.79 Å². The molecule has 180 valence electrons. The summed E-state index contributed by atoms with van der Waals surface area (Å²) in [6, 6.07) is 20.5. The topological polar surface area (TPSA) is 114 Å². The molecule has 0 bridgehead atoms. The van der Waals surface area contributed by atoms with E-state index in [2.05, 4.69) is 31.2 Å². The molecule has 0 unspecified atom stereocenters. The summed E-state index contributed by atoms with van der Waals surface area (Å²) in [5.41, 5.74) is 4.43. The Morgan fingerprint density at radius 2 is 1.74 bits per heavy atom. The minimum atomic E-state index is -3.83. The van der Waals surface area contributed by atoms with Crippen molar-refractivity contribution in [1.29, 1.82) is 0 Å². The standard InChI is InChI=1S/C25H22BrN3O5S/c1-18-7-11-22(12-8-18)35(32,33)28-17-24(30)29-27-16-20-15-21(26)10-13-23(20)34-25(31)14-9-19-5-3-2-4-6-19/h2-16,28H,17H2,1H3,(H,29,30). The highest BCUT2D eigenvalue weighted by atomic mass is 79.9. The molecule has 0 saturated carbocycles. The molecule has 0 heterocycles. The van der Waals surface area contributed by atoms with Gasteiger partial charge in [-0.05, 0) is 48.9 Å². The van der Waals surface area contributed by atoms with Gasteiger partial charge in [-0.1, -0.05) is 64.0 Å². The Hall–Kier alpha value is -3.60. The highest BCUT2D eigenvalue weighted by Crippen LogP contribution is 2.22. The first kappa shape index (κ1) is 26.0. The highest BCUT2D eigenvalue weighted by Gasteiger charge is 2.15. The molecule has 0 atom stereocenters. The number of amides is 1. The molecule has 0 radical (unpaired) electrons. The number of hydrazone groups is 1. The molecule has 0 spiro atoms. The van der Waals surface area contributed by atoms with Crippen LogP contribution in [0.5, 0.6) is 5.75 Å².